The number of Topliss-reactive ketones (excluding diaryl/α,β-unsaturated/α-hetero) is 1. The molecular weight excluding hydrogens is 182 g/mol. The largest absolute Gasteiger partial charge is 0.297 e. The van der Waals surface area contributed by atoms with E-state index in [0.29, 0.717) is 6.42 Å². The van der Waals surface area contributed by atoms with Gasteiger partial charge in [0.2, 0.25) is 0 Å². The molecule has 70 valence electrons. The standard InChI is InChI=1S/C10H13NOS/c1-2-6-11-7-5-9(12)10-4-3-8-13-10/h3-4,7-8H,2,5-6H2,1H3. The Morgan fingerprint density at radius 3 is 3.15 bits per heavy atom. The average molecular weight is 195 g/mol. The Labute approximate surface area is 82.3 Å². The summed E-state index contributed by atoms with van der Waals surface area (Å²) < 4.78 is 0. The molecule has 1 rings (SSSR count). The van der Waals surface area contributed by atoms with Crippen molar-refractivity contribution in [2.75, 3.05) is 6.54 Å². The predicted octanol–water partition coefficient (Wildman–Crippen LogP) is 2.80. The highest BCUT2D eigenvalue weighted by atomic mass is 32.1. The van der Waals surface area contributed by atoms with Crippen LogP contribution in [0.2, 0.25) is 0 Å². The lowest BCUT2D eigenvalue weighted by Crippen LogP contribution is -1.96. The van der Waals surface area contributed by atoms with Crippen molar-refractivity contribution in [3.63, 3.8) is 0 Å². The molecule has 0 aromatic carbocycles. The third kappa shape index (κ3) is 3.51. The summed E-state index contributed by atoms with van der Waals surface area (Å²) in [5.74, 6) is 0.162. The van der Waals surface area contributed by atoms with Crippen molar-refractivity contribution in [2.45, 2.75) is 19.8 Å². The van der Waals surface area contributed by atoms with Gasteiger partial charge in [-0.3, -0.25) is 9.79 Å². The summed E-state index contributed by atoms with van der Waals surface area (Å²) in [5, 5.41) is 1.91. The number of nitrogens with zero attached hydrogens (tertiary/aromatic N) is 1. The van der Waals surface area contributed by atoms with Gasteiger partial charge in [-0.2, -0.15) is 0 Å². The lowest BCUT2D eigenvalue weighted by Gasteiger charge is -1.90. The second-order valence-corrected chi connectivity index (χ2v) is 3.64. The van der Waals surface area contributed by atoms with Crippen LogP contribution in [0.25, 0.3) is 0 Å². The Morgan fingerprint density at radius 2 is 2.54 bits per heavy atom. The number of thiophene rings is 1. The van der Waals surface area contributed by atoms with Gasteiger partial charge in [0.1, 0.15) is 0 Å². The molecule has 0 spiro atoms. The van der Waals surface area contributed by atoms with Gasteiger partial charge in [0, 0.05) is 19.2 Å². The minimum Gasteiger partial charge on any atom is -0.297 e. The zero-order valence-corrected chi connectivity index (χ0v) is 8.51. The highest BCUT2D eigenvalue weighted by Gasteiger charge is 2.03. The number of carbonyl (C=O) groups excluding carboxylic acids is 1. The van der Waals surface area contributed by atoms with Crippen LogP contribution in [-0.4, -0.2) is 18.5 Å². The fourth-order valence-corrected chi connectivity index (χ4v) is 1.58. The SMILES string of the molecule is CCCN=CCC(=O)c1cccs1. The topological polar surface area (TPSA) is 29.4 Å². The van der Waals surface area contributed by atoms with E-state index in [1.807, 2.05) is 17.5 Å². The molecule has 0 amide bonds. The Bertz CT molecular complexity index is 277. The average Bonchev–Trinajstić information content (AvgIpc) is 2.65. The summed E-state index contributed by atoms with van der Waals surface area (Å²) in [6, 6.07) is 3.74. The maximum absolute atomic E-state index is 11.4. The van der Waals surface area contributed by atoms with Crippen LogP contribution >= 0.6 is 11.3 Å². The summed E-state index contributed by atoms with van der Waals surface area (Å²) in [5.41, 5.74) is 0. The van der Waals surface area contributed by atoms with E-state index in [-0.39, 0.29) is 5.78 Å². The van der Waals surface area contributed by atoms with Gasteiger partial charge < -0.3 is 0 Å². The van der Waals surface area contributed by atoms with Gasteiger partial charge in [-0.05, 0) is 17.9 Å². The predicted molar refractivity (Wildman–Crippen MR) is 56.9 cm³/mol. The van der Waals surface area contributed by atoms with Crippen molar-refractivity contribution in [3.8, 4) is 0 Å². The van der Waals surface area contributed by atoms with Crippen LogP contribution in [0.3, 0.4) is 0 Å². The lowest BCUT2D eigenvalue weighted by atomic mass is 10.2. The molecule has 0 radical (unpaired) electrons. The molecule has 0 bridgehead atoms. The number of hydrogen-bond donors (Lipinski definition) is 0. The van der Waals surface area contributed by atoms with Crippen LogP contribution in [0.4, 0.5) is 0 Å². The first kappa shape index (κ1) is 10.1. The smallest absolute Gasteiger partial charge is 0.178 e. The summed E-state index contributed by atoms with van der Waals surface area (Å²) in [6.07, 6.45) is 3.18. The minimum atomic E-state index is 0.162. The normalized spacial score (nSPS) is 10.8. The molecular formula is C10H13NOS. The van der Waals surface area contributed by atoms with Crippen LogP contribution in [0.5, 0.6) is 0 Å². The van der Waals surface area contributed by atoms with Gasteiger partial charge >= 0.3 is 0 Å². The van der Waals surface area contributed by atoms with E-state index in [1.54, 1.807) is 6.21 Å². The van der Waals surface area contributed by atoms with E-state index in [2.05, 4.69) is 11.9 Å². The van der Waals surface area contributed by atoms with E-state index in [9.17, 15) is 4.79 Å². The van der Waals surface area contributed by atoms with Crippen LogP contribution in [-0.2, 0) is 0 Å². The van der Waals surface area contributed by atoms with Crippen molar-refractivity contribution in [1.29, 1.82) is 0 Å². The molecule has 1 heterocycles. The van der Waals surface area contributed by atoms with Gasteiger partial charge in [-0.15, -0.1) is 11.3 Å². The molecule has 13 heavy (non-hydrogen) atoms. The lowest BCUT2D eigenvalue weighted by molar-refractivity contribution is 0.101. The molecule has 3 heteroatoms. The summed E-state index contributed by atoms with van der Waals surface area (Å²) in [6.45, 7) is 2.89. The molecule has 0 atom stereocenters. The summed E-state index contributed by atoms with van der Waals surface area (Å²) >= 11 is 1.48. The highest BCUT2D eigenvalue weighted by Crippen LogP contribution is 2.10. The summed E-state index contributed by atoms with van der Waals surface area (Å²) in [7, 11) is 0. The van der Waals surface area contributed by atoms with E-state index in [1.165, 1.54) is 11.3 Å². The zero-order chi connectivity index (χ0) is 9.52. The molecule has 1 aromatic heterocycles. The molecule has 0 N–H and O–H groups in total. The monoisotopic (exact) mass is 195 g/mol. The maximum atomic E-state index is 11.4. The van der Waals surface area contributed by atoms with Gasteiger partial charge in [0.05, 0.1) is 4.88 Å². The zero-order valence-electron chi connectivity index (χ0n) is 7.69. The first-order valence-electron chi connectivity index (χ1n) is 4.39. The van der Waals surface area contributed by atoms with Crippen molar-refractivity contribution in [3.05, 3.63) is 22.4 Å². The molecule has 1 aromatic rings. The van der Waals surface area contributed by atoms with Gasteiger partial charge in [-0.1, -0.05) is 13.0 Å². The quantitative estimate of drug-likeness (QED) is 0.524. The number of ketones is 1. The van der Waals surface area contributed by atoms with E-state index >= 15 is 0 Å². The second kappa shape index (κ2) is 5.65. The number of carbonyl (C=O) groups is 1. The first-order valence-corrected chi connectivity index (χ1v) is 5.27. The molecule has 0 aliphatic heterocycles. The number of rotatable bonds is 5. The van der Waals surface area contributed by atoms with Gasteiger partial charge in [0.15, 0.2) is 5.78 Å². The van der Waals surface area contributed by atoms with Crippen LogP contribution < -0.4 is 0 Å². The Hall–Kier alpha value is -0.960. The Kier molecular flexibility index (Phi) is 4.40. The van der Waals surface area contributed by atoms with Crippen LogP contribution in [0.15, 0.2) is 22.5 Å². The van der Waals surface area contributed by atoms with E-state index in [4.69, 9.17) is 0 Å². The van der Waals surface area contributed by atoms with E-state index < -0.39 is 0 Å². The highest BCUT2D eigenvalue weighted by molar-refractivity contribution is 7.12. The molecule has 0 aliphatic carbocycles. The molecule has 0 aliphatic rings. The van der Waals surface area contributed by atoms with Gasteiger partial charge in [-0.25, -0.2) is 0 Å². The molecule has 0 saturated carbocycles. The fraction of sp³-hybridized carbons (Fsp3) is 0.400. The van der Waals surface area contributed by atoms with Crippen molar-refractivity contribution >= 4 is 23.3 Å². The number of aliphatic imine (C=N–C) groups is 1. The molecule has 0 fully saturated rings. The maximum Gasteiger partial charge on any atom is 0.178 e. The van der Waals surface area contributed by atoms with Crippen molar-refractivity contribution in [1.82, 2.24) is 0 Å². The van der Waals surface area contributed by atoms with Crippen molar-refractivity contribution in [2.24, 2.45) is 4.99 Å². The van der Waals surface area contributed by atoms with Crippen molar-refractivity contribution < 1.29 is 4.79 Å². The molecule has 0 saturated heterocycles. The molecule has 2 nitrogen and oxygen atoms in total. The summed E-state index contributed by atoms with van der Waals surface area (Å²) in [4.78, 5) is 16.3. The number of hydrogen-bond acceptors (Lipinski definition) is 3. The van der Waals surface area contributed by atoms with Crippen LogP contribution in [0.1, 0.15) is 29.4 Å². The Balaban J connectivity index is 2.34. The minimum absolute atomic E-state index is 0.162. The fourth-order valence-electron chi connectivity index (χ4n) is 0.906. The van der Waals surface area contributed by atoms with E-state index in [0.717, 1.165) is 17.8 Å². The van der Waals surface area contributed by atoms with Gasteiger partial charge in [0.25, 0.3) is 0 Å². The van der Waals surface area contributed by atoms with Crippen LogP contribution in [0, 0.1) is 0 Å². The first-order chi connectivity index (χ1) is 6.34. The Morgan fingerprint density at radius 1 is 1.69 bits per heavy atom. The third-order valence-electron chi connectivity index (χ3n) is 1.55. The third-order valence-corrected chi connectivity index (χ3v) is 2.47. The molecule has 0 unspecified atom stereocenters. The second-order valence-electron chi connectivity index (χ2n) is 2.69.